The third kappa shape index (κ3) is 1.86. The van der Waals surface area contributed by atoms with E-state index in [0.29, 0.717) is 17.9 Å². The Kier molecular flexibility index (Phi) is 2.78. The van der Waals surface area contributed by atoms with Crippen molar-refractivity contribution < 1.29 is 4.39 Å². The second-order valence-electron chi connectivity index (χ2n) is 3.23. The molecular formula is C10H9ClFN3O. The first kappa shape index (κ1) is 10.9. The molecule has 0 saturated carbocycles. The molecule has 0 fully saturated rings. The Morgan fingerprint density at radius 2 is 2.31 bits per heavy atom. The maximum atomic E-state index is 13.2. The maximum Gasteiger partial charge on any atom is 0.361 e. The van der Waals surface area contributed by atoms with Gasteiger partial charge in [0, 0.05) is 12.5 Å². The second kappa shape index (κ2) is 4.09. The number of aromatic amines is 1. The molecule has 0 spiro atoms. The minimum absolute atomic E-state index is 0.0456. The zero-order valence-corrected chi connectivity index (χ0v) is 9.25. The highest BCUT2D eigenvalue weighted by Gasteiger charge is 2.08. The number of hydrogen-bond acceptors (Lipinski definition) is 2. The van der Waals surface area contributed by atoms with Gasteiger partial charge in [0.15, 0.2) is 0 Å². The molecule has 6 heteroatoms. The van der Waals surface area contributed by atoms with Gasteiger partial charge in [-0.15, -0.1) is 0 Å². The first-order chi connectivity index (χ1) is 7.61. The van der Waals surface area contributed by atoms with Gasteiger partial charge in [0.05, 0.1) is 10.7 Å². The van der Waals surface area contributed by atoms with Crippen LogP contribution in [0.1, 0.15) is 12.7 Å². The van der Waals surface area contributed by atoms with E-state index in [2.05, 4.69) is 10.1 Å². The molecule has 0 bridgehead atoms. The Balaban J connectivity index is 2.57. The van der Waals surface area contributed by atoms with Gasteiger partial charge < -0.3 is 0 Å². The molecule has 4 nitrogen and oxygen atoms in total. The first-order valence-electron chi connectivity index (χ1n) is 4.75. The molecule has 0 radical (unpaired) electrons. The van der Waals surface area contributed by atoms with Crippen LogP contribution in [0.15, 0.2) is 23.0 Å². The SMILES string of the molecule is CCc1nc(=O)[nH]n1-c1ccc(Cl)c(F)c1. The van der Waals surface area contributed by atoms with E-state index >= 15 is 0 Å². The van der Waals surface area contributed by atoms with E-state index < -0.39 is 11.5 Å². The summed E-state index contributed by atoms with van der Waals surface area (Å²) in [7, 11) is 0. The lowest BCUT2D eigenvalue weighted by Crippen LogP contribution is -2.05. The van der Waals surface area contributed by atoms with Crippen LogP contribution < -0.4 is 5.69 Å². The molecule has 2 rings (SSSR count). The molecule has 0 atom stereocenters. The maximum absolute atomic E-state index is 13.2. The van der Waals surface area contributed by atoms with Crippen LogP contribution in [0.25, 0.3) is 5.69 Å². The molecule has 0 amide bonds. The van der Waals surface area contributed by atoms with Crippen molar-refractivity contribution in [2.75, 3.05) is 0 Å². The fourth-order valence-electron chi connectivity index (χ4n) is 1.43. The van der Waals surface area contributed by atoms with Crippen LogP contribution in [0.2, 0.25) is 5.02 Å². The quantitative estimate of drug-likeness (QED) is 0.873. The zero-order valence-electron chi connectivity index (χ0n) is 8.50. The first-order valence-corrected chi connectivity index (χ1v) is 5.13. The number of H-pyrrole nitrogens is 1. The van der Waals surface area contributed by atoms with E-state index in [0.717, 1.165) is 0 Å². The fraction of sp³-hybridized carbons (Fsp3) is 0.200. The Labute approximate surface area is 95.7 Å². The Morgan fingerprint density at radius 1 is 1.56 bits per heavy atom. The van der Waals surface area contributed by atoms with Crippen LogP contribution in [0.5, 0.6) is 0 Å². The molecule has 1 aromatic carbocycles. The third-order valence-corrected chi connectivity index (χ3v) is 2.48. The lowest BCUT2D eigenvalue weighted by Gasteiger charge is -2.05. The van der Waals surface area contributed by atoms with Gasteiger partial charge in [-0.2, -0.15) is 4.98 Å². The third-order valence-electron chi connectivity index (χ3n) is 2.17. The zero-order chi connectivity index (χ0) is 11.7. The number of nitrogens with one attached hydrogen (secondary N) is 1. The molecule has 1 heterocycles. The predicted molar refractivity (Wildman–Crippen MR) is 58.5 cm³/mol. The molecule has 0 saturated heterocycles. The van der Waals surface area contributed by atoms with Crippen molar-refractivity contribution in [3.8, 4) is 5.69 Å². The summed E-state index contributed by atoms with van der Waals surface area (Å²) >= 11 is 5.58. The van der Waals surface area contributed by atoms with Crippen LogP contribution in [0.3, 0.4) is 0 Å². The van der Waals surface area contributed by atoms with Crippen LogP contribution in [-0.2, 0) is 6.42 Å². The fourth-order valence-corrected chi connectivity index (χ4v) is 1.54. The van der Waals surface area contributed by atoms with Crippen molar-refractivity contribution in [3.63, 3.8) is 0 Å². The summed E-state index contributed by atoms with van der Waals surface area (Å²) in [5.41, 5.74) is 0.0422. The van der Waals surface area contributed by atoms with Gasteiger partial charge in [0.25, 0.3) is 0 Å². The number of aryl methyl sites for hydroxylation is 1. The molecule has 16 heavy (non-hydrogen) atoms. The van der Waals surface area contributed by atoms with Gasteiger partial charge in [-0.05, 0) is 12.1 Å². The van der Waals surface area contributed by atoms with E-state index in [9.17, 15) is 9.18 Å². The van der Waals surface area contributed by atoms with Crippen LogP contribution in [0, 0.1) is 5.82 Å². The second-order valence-corrected chi connectivity index (χ2v) is 3.64. The Hall–Kier alpha value is -1.62. The van der Waals surface area contributed by atoms with Gasteiger partial charge in [-0.3, -0.25) is 0 Å². The molecule has 84 valence electrons. The summed E-state index contributed by atoms with van der Waals surface area (Å²) in [4.78, 5) is 14.8. The summed E-state index contributed by atoms with van der Waals surface area (Å²) < 4.78 is 14.7. The summed E-state index contributed by atoms with van der Waals surface area (Å²) in [6.07, 6.45) is 0.572. The van der Waals surface area contributed by atoms with Crippen LogP contribution in [0.4, 0.5) is 4.39 Å². The predicted octanol–water partition coefficient (Wildman–Crippen LogP) is 1.92. The van der Waals surface area contributed by atoms with E-state index in [1.54, 1.807) is 6.07 Å². The van der Waals surface area contributed by atoms with Crippen LogP contribution >= 0.6 is 11.6 Å². The normalized spacial score (nSPS) is 10.7. The molecule has 0 aliphatic heterocycles. The van der Waals surface area contributed by atoms with E-state index in [-0.39, 0.29) is 5.02 Å². The number of hydrogen-bond donors (Lipinski definition) is 1. The molecule has 0 unspecified atom stereocenters. The topological polar surface area (TPSA) is 50.7 Å². The number of halogens is 2. The Bertz CT molecular complexity index is 576. The lowest BCUT2D eigenvalue weighted by atomic mass is 10.3. The standard InChI is InChI=1S/C10H9ClFN3O/c1-2-9-13-10(16)14-15(9)6-3-4-7(11)8(12)5-6/h3-5H,2H2,1H3,(H,14,16). The minimum atomic E-state index is -0.532. The summed E-state index contributed by atoms with van der Waals surface area (Å²) in [6.45, 7) is 1.86. The number of benzene rings is 1. The smallest absolute Gasteiger partial charge is 0.244 e. The molecule has 0 aliphatic rings. The van der Waals surface area contributed by atoms with Gasteiger partial charge >= 0.3 is 5.69 Å². The van der Waals surface area contributed by atoms with E-state index in [1.807, 2.05) is 6.92 Å². The van der Waals surface area contributed by atoms with Crippen molar-refractivity contribution in [1.29, 1.82) is 0 Å². The van der Waals surface area contributed by atoms with Gasteiger partial charge in [0.2, 0.25) is 0 Å². The summed E-state index contributed by atoms with van der Waals surface area (Å²) in [6, 6.07) is 4.30. The van der Waals surface area contributed by atoms with Crippen molar-refractivity contribution in [3.05, 3.63) is 45.3 Å². The van der Waals surface area contributed by atoms with E-state index in [4.69, 9.17) is 11.6 Å². The Morgan fingerprint density at radius 3 is 2.94 bits per heavy atom. The van der Waals surface area contributed by atoms with Crippen molar-refractivity contribution in [1.82, 2.24) is 14.8 Å². The highest BCUT2D eigenvalue weighted by atomic mass is 35.5. The highest BCUT2D eigenvalue weighted by Crippen LogP contribution is 2.18. The summed E-state index contributed by atoms with van der Waals surface area (Å²) in [5.74, 6) is 0.0162. The molecule has 2 aromatic rings. The summed E-state index contributed by atoms with van der Waals surface area (Å²) in [5, 5.41) is 2.54. The van der Waals surface area contributed by atoms with Gasteiger partial charge in [-0.25, -0.2) is 19.0 Å². The largest absolute Gasteiger partial charge is 0.361 e. The molecule has 1 aromatic heterocycles. The van der Waals surface area contributed by atoms with Crippen molar-refractivity contribution >= 4 is 11.6 Å². The average molecular weight is 242 g/mol. The minimum Gasteiger partial charge on any atom is -0.244 e. The molecular weight excluding hydrogens is 233 g/mol. The molecule has 1 N–H and O–H groups in total. The highest BCUT2D eigenvalue weighted by molar-refractivity contribution is 6.30. The van der Waals surface area contributed by atoms with Gasteiger partial charge in [-0.1, -0.05) is 18.5 Å². The van der Waals surface area contributed by atoms with Gasteiger partial charge in [0.1, 0.15) is 11.6 Å². The van der Waals surface area contributed by atoms with Crippen molar-refractivity contribution in [2.24, 2.45) is 0 Å². The molecule has 0 aliphatic carbocycles. The monoisotopic (exact) mass is 241 g/mol. The van der Waals surface area contributed by atoms with Crippen LogP contribution in [-0.4, -0.2) is 14.8 Å². The average Bonchev–Trinajstić information content (AvgIpc) is 2.63. The van der Waals surface area contributed by atoms with Crippen molar-refractivity contribution in [2.45, 2.75) is 13.3 Å². The lowest BCUT2D eigenvalue weighted by molar-refractivity contribution is 0.625. The number of rotatable bonds is 2. The number of aromatic nitrogens is 3. The number of nitrogens with zero attached hydrogens (tertiary/aromatic N) is 2. The van der Waals surface area contributed by atoms with E-state index in [1.165, 1.54) is 16.8 Å².